The van der Waals surface area contributed by atoms with Crippen LogP contribution >= 0.6 is 0 Å². The first-order valence-corrected chi connectivity index (χ1v) is 5.65. The Bertz CT molecular complexity index is 414. The summed E-state index contributed by atoms with van der Waals surface area (Å²) < 4.78 is 19.0. The quantitative estimate of drug-likeness (QED) is 0.855. The first kappa shape index (κ1) is 13.5. The molecule has 0 bridgehead atoms. The van der Waals surface area contributed by atoms with Crippen molar-refractivity contribution in [3.8, 4) is 11.8 Å². The van der Waals surface area contributed by atoms with Crippen molar-refractivity contribution in [1.82, 2.24) is 5.32 Å². The van der Waals surface area contributed by atoms with Crippen LogP contribution in [0.15, 0.2) is 18.2 Å². The first-order chi connectivity index (χ1) is 8.12. The molecular weight excluding hydrogens is 219 g/mol. The molecule has 1 N–H and O–H groups in total. The van der Waals surface area contributed by atoms with Crippen molar-refractivity contribution in [3.63, 3.8) is 0 Å². The summed E-state index contributed by atoms with van der Waals surface area (Å²) in [6.45, 7) is 3.77. The Morgan fingerprint density at radius 3 is 2.71 bits per heavy atom. The highest BCUT2D eigenvalue weighted by molar-refractivity contribution is 5.31. The molecule has 3 nitrogen and oxygen atoms in total. The summed E-state index contributed by atoms with van der Waals surface area (Å²) >= 11 is 0. The lowest BCUT2D eigenvalue weighted by Gasteiger charge is -2.14. The summed E-state index contributed by atoms with van der Waals surface area (Å²) in [5.74, 6) is -0.302. The molecule has 0 aliphatic heterocycles. The number of rotatable bonds is 5. The molecule has 0 heterocycles. The van der Waals surface area contributed by atoms with Gasteiger partial charge in [-0.3, -0.25) is 0 Å². The third kappa shape index (κ3) is 3.43. The fraction of sp³-hybridized carbons (Fsp3) is 0.462. The summed E-state index contributed by atoms with van der Waals surface area (Å²) in [7, 11) is 1.82. The van der Waals surface area contributed by atoms with Gasteiger partial charge in [0.25, 0.3) is 0 Å². The number of nitrogens with one attached hydrogen (secondary N) is 1. The second-order valence-electron chi connectivity index (χ2n) is 3.84. The largest absolute Gasteiger partial charge is 0.473 e. The highest BCUT2D eigenvalue weighted by Gasteiger charge is 2.12. The third-order valence-corrected chi connectivity index (χ3v) is 2.67. The van der Waals surface area contributed by atoms with Gasteiger partial charge in [-0.2, -0.15) is 5.26 Å². The maximum Gasteiger partial charge on any atom is 0.184 e. The number of nitrogens with zero attached hydrogens (tertiary/aromatic N) is 1. The predicted molar refractivity (Wildman–Crippen MR) is 64.2 cm³/mol. The summed E-state index contributed by atoms with van der Waals surface area (Å²) in [5, 5.41) is 11.8. The molecule has 0 saturated heterocycles. The summed E-state index contributed by atoms with van der Waals surface area (Å²) in [6.07, 6.45) is -0.0676. The number of hydrogen-bond donors (Lipinski definition) is 1. The van der Waals surface area contributed by atoms with E-state index in [9.17, 15) is 4.39 Å². The molecule has 0 saturated carbocycles. The summed E-state index contributed by atoms with van der Waals surface area (Å²) in [4.78, 5) is 0. The molecule has 0 radical (unpaired) electrons. The zero-order valence-corrected chi connectivity index (χ0v) is 10.3. The van der Waals surface area contributed by atoms with Gasteiger partial charge < -0.3 is 10.1 Å². The van der Waals surface area contributed by atoms with Gasteiger partial charge in [-0.1, -0.05) is 13.0 Å². The van der Waals surface area contributed by atoms with Crippen LogP contribution in [0.1, 0.15) is 31.9 Å². The van der Waals surface area contributed by atoms with Gasteiger partial charge in [0.15, 0.2) is 17.7 Å². The van der Waals surface area contributed by atoms with E-state index >= 15 is 0 Å². The minimum Gasteiger partial charge on any atom is -0.473 e. The molecule has 2 atom stereocenters. The monoisotopic (exact) mass is 236 g/mol. The maximum atomic E-state index is 13.7. The standard InChI is InChI=1S/C13H17FN2O/c1-4-11(8-15)17-13-6-5-10(7-12(13)14)9(2)16-3/h5-7,9,11,16H,4H2,1-3H3. The van der Waals surface area contributed by atoms with Crippen molar-refractivity contribution < 1.29 is 9.13 Å². The van der Waals surface area contributed by atoms with E-state index in [1.807, 2.05) is 27.0 Å². The molecule has 0 aliphatic rings. The molecule has 17 heavy (non-hydrogen) atoms. The van der Waals surface area contributed by atoms with E-state index < -0.39 is 11.9 Å². The lowest BCUT2D eigenvalue weighted by molar-refractivity contribution is 0.240. The molecule has 4 heteroatoms. The van der Waals surface area contributed by atoms with Crippen LogP contribution in [0, 0.1) is 17.1 Å². The predicted octanol–water partition coefficient (Wildman–Crippen LogP) is 2.79. The fourth-order valence-corrected chi connectivity index (χ4v) is 1.40. The fourth-order valence-electron chi connectivity index (χ4n) is 1.40. The van der Waals surface area contributed by atoms with Crippen LogP contribution in [0.25, 0.3) is 0 Å². The number of benzene rings is 1. The van der Waals surface area contributed by atoms with E-state index in [0.29, 0.717) is 6.42 Å². The molecule has 0 amide bonds. The zero-order valence-electron chi connectivity index (χ0n) is 10.3. The first-order valence-electron chi connectivity index (χ1n) is 5.65. The van der Waals surface area contributed by atoms with Crippen molar-refractivity contribution >= 4 is 0 Å². The van der Waals surface area contributed by atoms with Crippen LogP contribution in [0.4, 0.5) is 4.39 Å². The van der Waals surface area contributed by atoms with Crippen LogP contribution < -0.4 is 10.1 Å². The highest BCUT2D eigenvalue weighted by Crippen LogP contribution is 2.23. The molecule has 0 fully saturated rings. The van der Waals surface area contributed by atoms with Gasteiger partial charge in [0.1, 0.15) is 6.07 Å². The Kier molecular flexibility index (Phi) is 4.92. The number of hydrogen-bond acceptors (Lipinski definition) is 3. The average molecular weight is 236 g/mol. The van der Waals surface area contributed by atoms with Crippen molar-refractivity contribution in [3.05, 3.63) is 29.6 Å². The minimum atomic E-state index is -0.600. The van der Waals surface area contributed by atoms with E-state index in [4.69, 9.17) is 10.00 Å². The van der Waals surface area contributed by atoms with Gasteiger partial charge in [0.05, 0.1) is 0 Å². The van der Waals surface area contributed by atoms with Crippen molar-refractivity contribution in [1.29, 1.82) is 5.26 Å². The number of halogens is 1. The summed E-state index contributed by atoms with van der Waals surface area (Å²) in [5.41, 5.74) is 0.849. The molecule has 1 rings (SSSR count). The van der Waals surface area contributed by atoms with Crippen molar-refractivity contribution in [2.24, 2.45) is 0 Å². The second kappa shape index (κ2) is 6.21. The van der Waals surface area contributed by atoms with Gasteiger partial charge >= 0.3 is 0 Å². The van der Waals surface area contributed by atoms with E-state index in [2.05, 4.69) is 5.32 Å². The minimum absolute atomic E-state index is 0.0801. The van der Waals surface area contributed by atoms with Crippen molar-refractivity contribution in [2.45, 2.75) is 32.4 Å². The Morgan fingerprint density at radius 2 is 2.24 bits per heavy atom. The topological polar surface area (TPSA) is 45.0 Å². The molecule has 2 unspecified atom stereocenters. The van der Waals surface area contributed by atoms with Gasteiger partial charge in [-0.15, -0.1) is 0 Å². The smallest absolute Gasteiger partial charge is 0.184 e. The van der Waals surface area contributed by atoms with Crippen molar-refractivity contribution in [2.75, 3.05) is 7.05 Å². The Hall–Kier alpha value is -1.60. The summed E-state index contributed by atoms with van der Waals surface area (Å²) in [6, 6.07) is 6.85. The van der Waals surface area contributed by atoms with E-state index in [1.54, 1.807) is 12.1 Å². The average Bonchev–Trinajstić information content (AvgIpc) is 2.36. The van der Waals surface area contributed by atoms with Crippen LogP contribution in [0.5, 0.6) is 5.75 Å². The van der Waals surface area contributed by atoms with Gasteiger partial charge in [-0.25, -0.2) is 4.39 Å². The molecule has 1 aromatic rings. The number of nitriles is 1. The van der Waals surface area contributed by atoms with E-state index in [0.717, 1.165) is 5.56 Å². The zero-order chi connectivity index (χ0) is 12.8. The Morgan fingerprint density at radius 1 is 1.53 bits per heavy atom. The van der Waals surface area contributed by atoms with Crippen LogP contribution in [-0.4, -0.2) is 13.2 Å². The second-order valence-corrected chi connectivity index (χ2v) is 3.84. The molecular formula is C13H17FN2O. The van der Waals surface area contributed by atoms with Gasteiger partial charge in [-0.05, 0) is 38.1 Å². The lowest BCUT2D eigenvalue weighted by atomic mass is 10.1. The highest BCUT2D eigenvalue weighted by atomic mass is 19.1. The SMILES string of the molecule is CCC(C#N)Oc1ccc(C(C)NC)cc1F. The van der Waals surface area contributed by atoms with E-state index in [-0.39, 0.29) is 11.8 Å². The molecule has 0 aromatic heterocycles. The van der Waals surface area contributed by atoms with Crippen LogP contribution in [-0.2, 0) is 0 Å². The molecule has 0 spiro atoms. The Labute approximate surface area is 101 Å². The Balaban J connectivity index is 2.87. The van der Waals surface area contributed by atoms with Crippen LogP contribution in [0.2, 0.25) is 0 Å². The molecule has 0 aliphatic carbocycles. The van der Waals surface area contributed by atoms with E-state index in [1.165, 1.54) is 6.07 Å². The van der Waals surface area contributed by atoms with Gasteiger partial charge in [0.2, 0.25) is 0 Å². The third-order valence-electron chi connectivity index (χ3n) is 2.67. The van der Waals surface area contributed by atoms with Crippen LogP contribution in [0.3, 0.4) is 0 Å². The normalized spacial score (nSPS) is 13.8. The maximum absolute atomic E-state index is 13.7. The van der Waals surface area contributed by atoms with Gasteiger partial charge in [0, 0.05) is 6.04 Å². The molecule has 1 aromatic carbocycles. The molecule has 92 valence electrons. The number of ether oxygens (including phenoxy) is 1. The lowest BCUT2D eigenvalue weighted by Crippen LogP contribution is -2.15.